The SMILES string of the molecule is CCCCOc1ccc(C(=O)O[C@H](C)C(=O)Nc2cccc(C#N)c2)cc1. The molecule has 2 aromatic carbocycles. The Hall–Kier alpha value is -3.33. The molecule has 0 aromatic heterocycles. The molecule has 6 heteroatoms. The van der Waals surface area contributed by atoms with E-state index in [1.54, 1.807) is 48.5 Å². The van der Waals surface area contributed by atoms with Crippen LogP contribution in [0.4, 0.5) is 5.69 Å². The van der Waals surface area contributed by atoms with Gasteiger partial charge in [0.05, 0.1) is 23.8 Å². The normalized spacial score (nSPS) is 11.1. The Morgan fingerprint density at radius 2 is 1.93 bits per heavy atom. The minimum Gasteiger partial charge on any atom is -0.494 e. The van der Waals surface area contributed by atoms with Crippen molar-refractivity contribution in [3.8, 4) is 11.8 Å². The lowest BCUT2D eigenvalue weighted by molar-refractivity contribution is -0.123. The van der Waals surface area contributed by atoms with E-state index < -0.39 is 18.0 Å². The number of hydrogen-bond donors (Lipinski definition) is 1. The zero-order valence-electron chi connectivity index (χ0n) is 15.4. The van der Waals surface area contributed by atoms with Crippen molar-refractivity contribution in [2.24, 2.45) is 0 Å². The van der Waals surface area contributed by atoms with Crippen LogP contribution in [0.2, 0.25) is 0 Å². The third-order valence-corrected chi connectivity index (χ3v) is 3.77. The number of nitrogens with one attached hydrogen (secondary N) is 1. The van der Waals surface area contributed by atoms with Gasteiger partial charge in [0, 0.05) is 5.69 Å². The summed E-state index contributed by atoms with van der Waals surface area (Å²) in [6.07, 6.45) is 1.03. The fraction of sp³-hybridized carbons (Fsp3) is 0.286. The highest BCUT2D eigenvalue weighted by Gasteiger charge is 2.19. The number of nitrogens with zero attached hydrogens (tertiary/aromatic N) is 1. The second kappa shape index (κ2) is 9.97. The zero-order chi connectivity index (χ0) is 19.6. The van der Waals surface area contributed by atoms with Crippen molar-refractivity contribution in [3.63, 3.8) is 0 Å². The number of ether oxygens (including phenoxy) is 2. The van der Waals surface area contributed by atoms with Gasteiger partial charge in [-0.15, -0.1) is 0 Å². The fourth-order valence-corrected chi connectivity index (χ4v) is 2.21. The van der Waals surface area contributed by atoms with E-state index in [1.165, 1.54) is 6.92 Å². The maximum absolute atomic E-state index is 12.2. The Labute approximate surface area is 158 Å². The van der Waals surface area contributed by atoms with E-state index in [0.29, 0.717) is 29.2 Å². The maximum Gasteiger partial charge on any atom is 0.338 e. The summed E-state index contributed by atoms with van der Waals surface area (Å²) in [5.41, 5.74) is 1.23. The number of esters is 1. The molecule has 0 aliphatic heterocycles. The molecule has 0 spiro atoms. The molecular weight excluding hydrogens is 344 g/mol. The average molecular weight is 366 g/mol. The predicted octanol–water partition coefficient (Wildman–Crippen LogP) is 3.92. The van der Waals surface area contributed by atoms with Gasteiger partial charge in [0.2, 0.25) is 0 Å². The number of anilines is 1. The summed E-state index contributed by atoms with van der Waals surface area (Å²) >= 11 is 0. The van der Waals surface area contributed by atoms with Crippen LogP contribution in [-0.2, 0) is 9.53 Å². The first kappa shape index (κ1) is 20.0. The van der Waals surface area contributed by atoms with Crippen molar-refractivity contribution in [1.82, 2.24) is 0 Å². The quantitative estimate of drug-likeness (QED) is 0.565. The van der Waals surface area contributed by atoms with Crippen LogP contribution in [0.3, 0.4) is 0 Å². The molecule has 0 aliphatic carbocycles. The Morgan fingerprint density at radius 1 is 1.19 bits per heavy atom. The number of hydrogen-bond acceptors (Lipinski definition) is 5. The molecule has 0 bridgehead atoms. The first-order valence-corrected chi connectivity index (χ1v) is 8.78. The van der Waals surface area contributed by atoms with Gasteiger partial charge in [0.25, 0.3) is 5.91 Å². The van der Waals surface area contributed by atoms with Gasteiger partial charge in [-0.3, -0.25) is 4.79 Å². The van der Waals surface area contributed by atoms with Crippen molar-refractivity contribution in [2.75, 3.05) is 11.9 Å². The van der Waals surface area contributed by atoms with Crippen molar-refractivity contribution >= 4 is 17.6 Å². The number of carbonyl (C=O) groups excluding carboxylic acids is 2. The lowest BCUT2D eigenvalue weighted by Crippen LogP contribution is -2.30. The molecule has 0 fully saturated rings. The molecule has 0 aliphatic rings. The van der Waals surface area contributed by atoms with Gasteiger partial charge in [0.15, 0.2) is 6.10 Å². The second-order valence-corrected chi connectivity index (χ2v) is 5.96. The molecule has 2 aromatic rings. The fourth-order valence-electron chi connectivity index (χ4n) is 2.21. The van der Waals surface area contributed by atoms with Gasteiger partial charge in [-0.2, -0.15) is 5.26 Å². The molecule has 0 saturated carbocycles. The second-order valence-electron chi connectivity index (χ2n) is 5.96. The van der Waals surface area contributed by atoms with Crippen LogP contribution >= 0.6 is 0 Å². The van der Waals surface area contributed by atoms with Crippen LogP contribution in [0.5, 0.6) is 5.75 Å². The number of nitriles is 1. The third kappa shape index (κ3) is 6.15. The van der Waals surface area contributed by atoms with Gasteiger partial charge < -0.3 is 14.8 Å². The van der Waals surface area contributed by atoms with Crippen LogP contribution in [0.1, 0.15) is 42.6 Å². The van der Waals surface area contributed by atoms with Crippen molar-refractivity contribution in [1.29, 1.82) is 5.26 Å². The first-order valence-electron chi connectivity index (χ1n) is 8.78. The van der Waals surface area contributed by atoms with Gasteiger partial charge in [-0.05, 0) is 55.8 Å². The lowest BCUT2D eigenvalue weighted by atomic mass is 10.2. The highest BCUT2D eigenvalue weighted by Crippen LogP contribution is 2.15. The number of unbranched alkanes of at least 4 members (excludes halogenated alkanes) is 1. The van der Waals surface area contributed by atoms with Gasteiger partial charge in [0.1, 0.15) is 5.75 Å². The van der Waals surface area contributed by atoms with Gasteiger partial charge in [-0.1, -0.05) is 19.4 Å². The van der Waals surface area contributed by atoms with Crippen molar-refractivity contribution in [3.05, 3.63) is 59.7 Å². The van der Waals surface area contributed by atoms with Crippen LogP contribution in [0, 0.1) is 11.3 Å². The van der Waals surface area contributed by atoms with Gasteiger partial charge in [-0.25, -0.2) is 4.79 Å². The molecule has 140 valence electrons. The van der Waals surface area contributed by atoms with Crippen molar-refractivity contribution < 1.29 is 19.1 Å². The predicted molar refractivity (Wildman–Crippen MR) is 102 cm³/mol. The molecule has 1 atom stereocenters. The van der Waals surface area contributed by atoms with E-state index >= 15 is 0 Å². The van der Waals surface area contributed by atoms with E-state index in [2.05, 4.69) is 12.2 Å². The summed E-state index contributed by atoms with van der Waals surface area (Å²) in [6.45, 7) is 4.20. The summed E-state index contributed by atoms with van der Waals surface area (Å²) in [4.78, 5) is 24.4. The number of amides is 1. The highest BCUT2D eigenvalue weighted by atomic mass is 16.5. The lowest BCUT2D eigenvalue weighted by Gasteiger charge is -2.14. The van der Waals surface area contributed by atoms with Gasteiger partial charge >= 0.3 is 5.97 Å². The Bertz CT molecular complexity index is 825. The number of rotatable bonds is 8. The Kier molecular flexibility index (Phi) is 7.38. The van der Waals surface area contributed by atoms with Crippen LogP contribution < -0.4 is 10.1 Å². The molecule has 1 amide bonds. The Balaban J connectivity index is 1.90. The summed E-state index contributed by atoms with van der Waals surface area (Å²) < 4.78 is 10.8. The van der Waals surface area contributed by atoms with Crippen LogP contribution in [0.25, 0.3) is 0 Å². The van der Waals surface area contributed by atoms with Crippen molar-refractivity contribution in [2.45, 2.75) is 32.8 Å². The van der Waals surface area contributed by atoms with Crippen LogP contribution in [0.15, 0.2) is 48.5 Å². The molecule has 27 heavy (non-hydrogen) atoms. The van der Waals surface area contributed by atoms with Crippen LogP contribution in [-0.4, -0.2) is 24.6 Å². The van der Waals surface area contributed by atoms with E-state index in [1.807, 2.05) is 6.07 Å². The molecule has 0 heterocycles. The smallest absolute Gasteiger partial charge is 0.338 e. The molecular formula is C21H22N2O4. The third-order valence-electron chi connectivity index (χ3n) is 3.77. The number of benzene rings is 2. The summed E-state index contributed by atoms with van der Waals surface area (Å²) in [7, 11) is 0. The van der Waals surface area contributed by atoms with E-state index in [-0.39, 0.29) is 0 Å². The molecule has 6 nitrogen and oxygen atoms in total. The highest BCUT2D eigenvalue weighted by molar-refractivity contribution is 5.97. The molecule has 0 saturated heterocycles. The Morgan fingerprint density at radius 3 is 2.59 bits per heavy atom. The molecule has 0 radical (unpaired) electrons. The minimum absolute atomic E-state index is 0.337. The molecule has 0 unspecified atom stereocenters. The van der Waals surface area contributed by atoms with E-state index in [0.717, 1.165) is 12.8 Å². The summed E-state index contributed by atoms with van der Waals surface area (Å²) in [6, 6.07) is 15.1. The van der Waals surface area contributed by atoms with E-state index in [4.69, 9.17) is 14.7 Å². The standard InChI is InChI=1S/C21H22N2O4/c1-3-4-12-26-19-10-8-17(9-11-19)21(25)27-15(2)20(24)23-18-7-5-6-16(13-18)14-22/h5-11,13,15H,3-4,12H2,1-2H3,(H,23,24)/t15-/m1/s1. The summed E-state index contributed by atoms with van der Waals surface area (Å²) in [5, 5.41) is 11.5. The topological polar surface area (TPSA) is 88.4 Å². The first-order chi connectivity index (χ1) is 13.0. The molecule has 2 rings (SSSR count). The monoisotopic (exact) mass is 366 g/mol. The number of carbonyl (C=O) groups is 2. The zero-order valence-corrected chi connectivity index (χ0v) is 15.4. The van der Waals surface area contributed by atoms with E-state index in [9.17, 15) is 9.59 Å². The average Bonchev–Trinajstić information content (AvgIpc) is 2.68. The minimum atomic E-state index is -0.983. The largest absolute Gasteiger partial charge is 0.494 e. The maximum atomic E-state index is 12.2. The summed E-state index contributed by atoms with van der Waals surface area (Å²) in [5.74, 6) is -0.385. The molecule has 1 N–H and O–H groups in total.